The van der Waals surface area contributed by atoms with Gasteiger partial charge in [0.25, 0.3) is 0 Å². The van der Waals surface area contributed by atoms with Gasteiger partial charge in [0.1, 0.15) is 0 Å². The quantitative estimate of drug-likeness (QED) is 0.149. The van der Waals surface area contributed by atoms with Crippen molar-refractivity contribution in [2.45, 2.75) is 92.4 Å². The first-order valence-corrected chi connectivity index (χ1v) is 18.6. The van der Waals surface area contributed by atoms with Gasteiger partial charge in [-0.3, -0.25) is 0 Å². The molecule has 0 heterocycles. The Labute approximate surface area is 311 Å². The molecule has 0 saturated heterocycles. The molecule has 0 N–H and O–H groups in total. The van der Waals surface area contributed by atoms with E-state index in [0.717, 1.165) is 19.3 Å². The molecule has 0 amide bonds. The van der Waals surface area contributed by atoms with Crippen LogP contribution in [0.4, 0.5) is 0 Å². The number of halogens is 2. The fourth-order valence-corrected chi connectivity index (χ4v) is 8.07. The molecule has 0 atom stereocenters. The Kier molecular flexibility index (Phi) is 15.7. The van der Waals surface area contributed by atoms with E-state index < -0.39 is 0 Å². The van der Waals surface area contributed by atoms with Crippen LogP contribution in [0.1, 0.15) is 105 Å². The van der Waals surface area contributed by atoms with Gasteiger partial charge in [-0.1, -0.05) is 117 Å². The minimum atomic E-state index is 0. The molecule has 0 spiro atoms. The molecule has 0 aromatic heterocycles. The van der Waals surface area contributed by atoms with Crippen LogP contribution in [0.2, 0.25) is 0 Å². The number of benzene rings is 4. The van der Waals surface area contributed by atoms with Crippen LogP contribution >= 0.6 is 0 Å². The van der Waals surface area contributed by atoms with E-state index in [4.69, 9.17) is 0 Å². The van der Waals surface area contributed by atoms with Crippen LogP contribution in [-0.2, 0) is 56.3 Å². The van der Waals surface area contributed by atoms with Gasteiger partial charge in [-0.15, -0.1) is 33.7 Å². The number of aryl methyl sites for hydroxylation is 3. The normalized spacial score (nSPS) is 11.9. The van der Waals surface area contributed by atoms with E-state index in [1.54, 1.807) is 38.6 Å². The number of hydrogen-bond donors (Lipinski definition) is 0. The van der Waals surface area contributed by atoms with Crippen LogP contribution in [0.25, 0.3) is 27.1 Å². The van der Waals surface area contributed by atoms with E-state index >= 15 is 0 Å². The first kappa shape index (κ1) is 39.0. The fraction of sp³-hybridized carbons (Fsp3) is 0.318. The Morgan fingerprint density at radius 1 is 0.681 bits per heavy atom. The second-order valence-electron chi connectivity index (χ2n) is 12.4. The van der Waals surface area contributed by atoms with Gasteiger partial charge >= 0.3 is 99.2 Å². The summed E-state index contributed by atoms with van der Waals surface area (Å²) >= 11 is 1.46. The Morgan fingerprint density at radius 3 is 1.79 bits per heavy atom. The summed E-state index contributed by atoms with van der Waals surface area (Å²) in [6.45, 7) is 11.7. The third-order valence-electron chi connectivity index (χ3n) is 9.23. The van der Waals surface area contributed by atoms with Gasteiger partial charge in [0.05, 0.1) is 0 Å². The summed E-state index contributed by atoms with van der Waals surface area (Å²) < 4.78 is 1.42. The Bertz CT molecular complexity index is 1780. The van der Waals surface area contributed by atoms with Crippen molar-refractivity contribution in [2.24, 2.45) is 0 Å². The van der Waals surface area contributed by atoms with Gasteiger partial charge < -0.3 is 24.8 Å². The van der Waals surface area contributed by atoms with Crippen LogP contribution < -0.4 is 24.8 Å². The first-order valence-electron chi connectivity index (χ1n) is 17.3. The molecule has 3 heteroatoms. The van der Waals surface area contributed by atoms with E-state index in [9.17, 15) is 0 Å². The van der Waals surface area contributed by atoms with E-state index in [0.29, 0.717) is 0 Å². The molecule has 0 aliphatic heterocycles. The van der Waals surface area contributed by atoms with Crippen molar-refractivity contribution in [1.29, 1.82) is 0 Å². The summed E-state index contributed by atoms with van der Waals surface area (Å²) in [5.41, 5.74) is 13.7. The third kappa shape index (κ3) is 8.60. The Balaban J connectivity index is 0.000000316. The number of hydrogen-bond acceptors (Lipinski definition) is 0. The summed E-state index contributed by atoms with van der Waals surface area (Å²) in [6, 6.07) is 28.6. The van der Waals surface area contributed by atoms with E-state index in [-0.39, 0.29) is 24.8 Å². The molecular formula is C44H49Cl2Zr-. The molecule has 0 bridgehead atoms. The Morgan fingerprint density at radius 2 is 1.28 bits per heavy atom. The molecule has 0 saturated carbocycles. The minimum absolute atomic E-state index is 0. The standard InChI is InChI=1S/C31H39.C13H10.2ClH.Zr/c1-6-13-23-18-21(9-4)19-24-20-28-30(22-16-11-12-17-22)25(10-5)26(14-7-2)27(15-8-3)31(28)29(23)24;1-3-7-12(8-4-1)11-13-9-5-2-6-10-13;;;/h11-12,16,18-20H,6-10,13-15,17H2,1-5H3;1-10H;2*1H;/q-1;;;;+2/p-2. The van der Waals surface area contributed by atoms with Gasteiger partial charge in [-0.05, 0) is 38.5 Å². The third-order valence-corrected chi connectivity index (χ3v) is 10.6. The van der Waals surface area contributed by atoms with Gasteiger partial charge in [-0.2, -0.15) is 0 Å². The average molecular weight is 740 g/mol. The van der Waals surface area contributed by atoms with Crippen molar-refractivity contribution in [3.63, 3.8) is 0 Å². The van der Waals surface area contributed by atoms with E-state index in [1.807, 2.05) is 0 Å². The second kappa shape index (κ2) is 18.9. The van der Waals surface area contributed by atoms with Crippen LogP contribution in [0.3, 0.4) is 0 Å². The number of allylic oxidation sites excluding steroid dienone is 4. The molecule has 6 rings (SSSR count). The molecule has 0 fully saturated rings. The monoisotopic (exact) mass is 737 g/mol. The zero-order valence-corrected chi connectivity index (χ0v) is 32.8. The molecular weight excluding hydrogens is 691 g/mol. The second-order valence-corrected chi connectivity index (χ2v) is 13.6. The zero-order valence-electron chi connectivity index (χ0n) is 28.9. The molecule has 0 nitrogen and oxygen atoms in total. The van der Waals surface area contributed by atoms with Crippen molar-refractivity contribution < 1.29 is 49.0 Å². The summed E-state index contributed by atoms with van der Waals surface area (Å²) in [5.74, 6) is 0. The van der Waals surface area contributed by atoms with Crippen LogP contribution in [0.5, 0.6) is 0 Å². The summed E-state index contributed by atoms with van der Waals surface area (Å²) in [7, 11) is 0. The van der Waals surface area contributed by atoms with Gasteiger partial charge in [0.15, 0.2) is 0 Å². The maximum absolute atomic E-state index is 2.55. The number of rotatable bonds is 11. The molecule has 5 aromatic rings. The molecule has 244 valence electrons. The molecule has 1 aliphatic carbocycles. The summed E-state index contributed by atoms with van der Waals surface area (Å²) in [6.07, 6.45) is 17.4. The topological polar surface area (TPSA) is 0 Å². The molecule has 0 unspecified atom stereocenters. The Hall–Kier alpha value is -2.44. The van der Waals surface area contributed by atoms with Gasteiger partial charge in [0, 0.05) is 0 Å². The maximum atomic E-state index is 2.55. The van der Waals surface area contributed by atoms with Crippen molar-refractivity contribution >= 4 is 30.3 Å². The van der Waals surface area contributed by atoms with Crippen LogP contribution in [0.15, 0.2) is 97.1 Å². The molecule has 0 radical (unpaired) electrons. The fourth-order valence-electron chi connectivity index (χ4n) is 7.25. The van der Waals surface area contributed by atoms with E-state index in [2.05, 4.69) is 132 Å². The summed E-state index contributed by atoms with van der Waals surface area (Å²) in [4.78, 5) is 0. The first-order chi connectivity index (χ1) is 22.1. The van der Waals surface area contributed by atoms with Crippen molar-refractivity contribution in [3.05, 3.63) is 142 Å². The van der Waals surface area contributed by atoms with Gasteiger partial charge in [0.2, 0.25) is 0 Å². The van der Waals surface area contributed by atoms with Gasteiger partial charge in [-0.25, -0.2) is 0 Å². The molecule has 1 aliphatic rings. The van der Waals surface area contributed by atoms with Crippen molar-refractivity contribution in [2.75, 3.05) is 0 Å². The summed E-state index contributed by atoms with van der Waals surface area (Å²) in [5, 5.41) is 6.14. The van der Waals surface area contributed by atoms with Crippen molar-refractivity contribution in [3.8, 4) is 0 Å². The predicted octanol–water partition coefficient (Wildman–Crippen LogP) is 5.85. The molecule has 5 aromatic carbocycles. The predicted molar refractivity (Wildman–Crippen MR) is 196 cm³/mol. The zero-order chi connectivity index (χ0) is 31.8. The van der Waals surface area contributed by atoms with E-state index in [1.165, 1.54) is 99.0 Å². The molecule has 47 heavy (non-hydrogen) atoms. The van der Waals surface area contributed by atoms with Crippen LogP contribution in [-0.4, -0.2) is 3.21 Å². The van der Waals surface area contributed by atoms with Crippen LogP contribution in [0, 0.1) is 0 Å². The SMILES string of the molecule is CCCc1c(CC)c(C2=CC=CC2)c2[cH-]c3cc(CC)cc(CCC)c3c2c1CCC.[Cl-].[Cl-].[Zr+2]=[C](c1ccccc1)c1ccccc1. The number of fused-ring (bicyclic) bond motifs is 3. The van der Waals surface area contributed by atoms with Crippen molar-refractivity contribution in [1.82, 2.24) is 0 Å². The average Bonchev–Trinajstić information content (AvgIpc) is 3.75.